The van der Waals surface area contributed by atoms with E-state index in [1.165, 1.54) is 0 Å². The predicted octanol–water partition coefficient (Wildman–Crippen LogP) is 2.79. The molecule has 2 fully saturated rings. The third kappa shape index (κ3) is 10.6. The van der Waals surface area contributed by atoms with Crippen LogP contribution in [0.5, 0.6) is 0 Å². The normalized spacial score (nSPS) is 21.4. The molecule has 1 aliphatic carbocycles. The summed E-state index contributed by atoms with van der Waals surface area (Å²) in [5.41, 5.74) is 6.76. The van der Waals surface area contributed by atoms with Crippen LogP contribution in [0, 0.1) is 5.92 Å². The quantitative estimate of drug-likeness (QED) is 0.213. The molecule has 1 heterocycles. The Labute approximate surface area is 271 Å². The fraction of sp³-hybridized carbons (Fsp3) is 0.543. The second-order valence-electron chi connectivity index (χ2n) is 13.6. The molecule has 0 aromatic heterocycles. The number of alkyl carbamates (subject to hydrolysis) is 1. The smallest absolute Gasteiger partial charge is 0.408 e. The molecule has 2 aromatic rings. The number of likely N-dealkylation sites (tertiary alicyclic amines) is 1. The van der Waals surface area contributed by atoms with Crippen molar-refractivity contribution < 1.29 is 29.0 Å². The molecule has 1 saturated carbocycles. The van der Waals surface area contributed by atoms with E-state index >= 15 is 0 Å². The maximum absolute atomic E-state index is 13.6. The van der Waals surface area contributed by atoms with Crippen LogP contribution in [-0.2, 0) is 32.1 Å². The Kier molecular flexibility index (Phi) is 12.2. The standard InChI is InChI=1S/C35H49N5O6/c1-35(2,3)39-32(43)19-26-18-25-15-10-16-29(25)40(26)21-30(41)27(17-23-11-6-4-7-12-23)37-33(44)28(20-31(36)42)38-34(45)46-22-24-13-8-5-9-14-24/h4-9,11-14,25-30,41H,10,15-22H2,1-3H3,(H2,36,42)(H,37,44)(H,38,45)(H,39,43)/t25-,26-,27-,28-,29-,30+/m0/s1. The van der Waals surface area contributed by atoms with Crippen LogP contribution in [0.1, 0.15) is 70.4 Å². The van der Waals surface area contributed by atoms with Gasteiger partial charge in [-0.3, -0.25) is 19.3 Å². The molecule has 2 aliphatic rings. The molecule has 11 nitrogen and oxygen atoms in total. The van der Waals surface area contributed by atoms with E-state index in [9.17, 15) is 24.3 Å². The van der Waals surface area contributed by atoms with Gasteiger partial charge in [-0.2, -0.15) is 0 Å². The van der Waals surface area contributed by atoms with Crippen molar-refractivity contribution in [3.8, 4) is 0 Å². The number of benzene rings is 2. The van der Waals surface area contributed by atoms with Crippen LogP contribution in [0.15, 0.2) is 60.7 Å². The Morgan fingerprint density at radius 3 is 2.26 bits per heavy atom. The van der Waals surface area contributed by atoms with Crippen LogP contribution < -0.4 is 21.7 Å². The molecule has 4 rings (SSSR count). The molecular formula is C35H49N5O6. The largest absolute Gasteiger partial charge is 0.445 e. The topological polar surface area (TPSA) is 163 Å². The number of amides is 4. The summed E-state index contributed by atoms with van der Waals surface area (Å²) in [5.74, 6) is -0.987. The second-order valence-corrected chi connectivity index (χ2v) is 13.6. The third-order valence-corrected chi connectivity index (χ3v) is 8.74. The van der Waals surface area contributed by atoms with Crippen LogP contribution in [-0.4, -0.2) is 76.2 Å². The molecular weight excluding hydrogens is 586 g/mol. The highest BCUT2D eigenvalue weighted by Gasteiger charge is 2.45. The van der Waals surface area contributed by atoms with Crippen LogP contribution in [0.2, 0.25) is 0 Å². The van der Waals surface area contributed by atoms with Gasteiger partial charge in [-0.15, -0.1) is 0 Å². The molecule has 1 aliphatic heterocycles. The molecule has 1 saturated heterocycles. The van der Waals surface area contributed by atoms with Crippen molar-refractivity contribution in [1.82, 2.24) is 20.9 Å². The zero-order valence-corrected chi connectivity index (χ0v) is 27.1. The van der Waals surface area contributed by atoms with Gasteiger partial charge in [-0.25, -0.2) is 4.79 Å². The van der Waals surface area contributed by atoms with Gasteiger partial charge in [0, 0.05) is 30.6 Å². The molecule has 250 valence electrons. The summed E-state index contributed by atoms with van der Waals surface area (Å²) in [6.07, 6.45) is 2.42. The molecule has 0 spiro atoms. The first-order valence-electron chi connectivity index (χ1n) is 16.2. The maximum Gasteiger partial charge on any atom is 0.408 e. The van der Waals surface area contributed by atoms with E-state index in [0.29, 0.717) is 18.8 Å². The van der Waals surface area contributed by atoms with Crippen molar-refractivity contribution in [1.29, 1.82) is 0 Å². The summed E-state index contributed by atoms with van der Waals surface area (Å²) >= 11 is 0. The van der Waals surface area contributed by atoms with Crippen LogP contribution in [0.3, 0.4) is 0 Å². The van der Waals surface area contributed by atoms with E-state index < -0.39 is 42.5 Å². The number of nitrogens with one attached hydrogen (secondary N) is 3. The average Bonchev–Trinajstić information content (AvgIpc) is 3.57. The lowest BCUT2D eigenvalue weighted by atomic mass is 9.99. The molecule has 11 heteroatoms. The van der Waals surface area contributed by atoms with Gasteiger partial charge in [0.25, 0.3) is 0 Å². The number of rotatable bonds is 14. The summed E-state index contributed by atoms with van der Waals surface area (Å²) in [7, 11) is 0. The molecule has 0 unspecified atom stereocenters. The van der Waals surface area contributed by atoms with Crippen molar-refractivity contribution in [2.75, 3.05) is 6.54 Å². The Hall–Kier alpha value is -3.96. The molecule has 6 atom stereocenters. The van der Waals surface area contributed by atoms with E-state index in [0.717, 1.165) is 36.8 Å². The number of β-amino-alcohol motifs (C(OH)–C–C–N with tert-alkyl or cyclic N) is 1. The monoisotopic (exact) mass is 635 g/mol. The number of aliphatic hydroxyl groups is 1. The first-order chi connectivity index (χ1) is 21.9. The number of ether oxygens (including phenoxy) is 1. The van der Waals surface area contributed by atoms with Crippen molar-refractivity contribution in [2.45, 2.75) is 108 Å². The van der Waals surface area contributed by atoms with Gasteiger partial charge >= 0.3 is 6.09 Å². The first kappa shape index (κ1) is 34.9. The van der Waals surface area contributed by atoms with Gasteiger partial charge in [-0.05, 0) is 63.5 Å². The highest BCUT2D eigenvalue weighted by molar-refractivity contribution is 5.90. The molecule has 6 N–H and O–H groups in total. The highest BCUT2D eigenvalue weighted by atomic mass is 16.5. The Bertz CT molecular complexity index is 1320. The predicted molar refractivity (Wildman–Crippen MR) is 174 cm³/mol. The highest BCUT2D eigenvalue weighted by Crippen LogP contribution is 2.42. The third-order valence-electron chi connectivity index (χ3n) is 8.74. The molecule has 4 amide bonds. The lowest BCUT2D eigenvalue weighted by molar-refractivity contribution is -0.128. The van der Waals surface area contributed by atoms with Gasteiger partial charge < -0.3 is 31.5 Å². The maximum atomic E-state index is 13.6. The van der Waals surface area contributed by atoms with Gasteiger partial charge in [0.15, 0.2) is 0 Å². The first-order valence-corrected chi connectivity index (χ1v) is 16.2. The number of fused-ring (bicyclic) bond motifs is 1. The lowest BCUT2D eigenvalue weighted by Gasteiger charge is -2.35. The van der Waals surface area contributed by atoms with E-state index in [2.05, 4.69) is 20.9 Å². The summed E-state index contributed by atoms with van der Waals surface area (Å²) in [5, 5.41) is 20.2. The molecule has 0 radical (unpaired) electrons. The van der Waals surface area contributed by atoms with Gasteiger partial charge in [0.1, 0.15) is 12.6 Å². The van der Waals surface area contributed by atoms with Gasteiger partial charge in [0.2, 0.25) is 17.7 Å². The van der Waals surface area contributed by atoms with E-state index in [1.54, 1.807) is 12.1 Å². The molecule has 2 aromatic carbocycles. The Morgan fingerprint density at radius 1 is 0.978 bits per heavy atom. The summed E-state index contributed by atoms with van der Waals surface area (Å²) in [6.45, 7) is 6.11. The van der Waals surface area contributed by atoms with Crippen molar-refractivity contribution in [3.63, 3.8) is 0 Å². The average molecular weight is 636 g/mol. The Balaban J connectivity index is 1.47. The van der Waals surface area contributed by atoms with Crippen LogP contribution in [0.4, 0.5) is 4.79 Å². The SMILES string of the molecule is CC(C)(C)NC(=O)C[C@@H]1C[C@@H]2CCC[C@@H]2N1C[C@@H](O)[C@H](Cc1ccccc1)NC(=O)[C@H](CC(N)=O)NC(=O)OCc1ccccc1. The zero-order valence-electron chi connectivity index (χ0n) is 27.1. The number of nitrogens with zero attached hydrogens (tertiary/aromatic N) is 1. The number of carbonyl (C=O) groups excluding carboxylic acids is 4. The van der Waals surface area contributed by atoms with E-state index in [-0.39, 0.29) is 36.7 Å². The summed E-state index contributed by atoms with van der Waals surface area (Å²) in [6, 6.07) is 16.7. The Morgan fingerprint density at radius 2 is 1.63 bits per heavy atom. The van der Waals surface area contributed by atoms with Crippen molar-refractivity contribution in [3.05, 3.63) is 71.8 Å². The molecule has 46 heavy (non-hydrogen) atoms. The number of hydrogen-bond acceptors (Lipinski definition) is 7. The number of aliphatic hydroxyl groups excluding tert-OH is 1. The van der Waals surface area contributed by atoms with Crippen LogP contribution >= 0.6 is 0 Å². The number of hydrogen-bond donors (Lipinski definition) is 5. The second kappa shape index (κ2) is 16.0. The minimum Gasteiger partial charge on any atom is -0.445 e. The van der Waals surface area contributed by atoms with E-state index in [1.807, 2.05) is 69.3 Å². The lowest BCUT2D eigenvalue weighted by Crippen LogP contribution is -2.56. The van der Waals surface area contributed by atoms with Crippen molar-refractivity contribution in [2.24, 2.45) is 11.7 Å². The van der Waals surface area contributed by atoms with Crippen molar-refractivity contribution >= 4 is 23.8 Å². The number of primary amides is 1. The summed E-state index contributed by atoms with van der Waals surface area (Å²) in [4.78, 5) is 53.3. The van der Waals surface area contributed by atoms with Crippen LogP contribution in [0.25, 0.3) is 0 Å². The minimum atomic E-state index is -1.30. The van der Waals surface area contributed by atoms with E-state index in [4.69, 9.17) is 10.5 Å². The number of carbonyl (C=O) groups is 4. The summed E-state index contributed by atoms with van der Waals surface area (Å²) < 4.78 is 5.27. The fourth-order valence-corrected chi connectivity index (χ4v) is 6.75. The number of nitrogens with two attached hydrogens (primary N) is 1. The fourth-order valence-electron chi connectivity index (χ4n) is 6.75. The zero-order chi connectivity index (χ0) is 33.3. The van der Waals surface area contributed by atoms with Gasteiger partial charge in [0.05, 0.1) is 18.6 Å². The van der Waals surface area contributed by atoms with Gasteiger partial charge in [-0.1, -0.05) is 67.1 Å². The minimum absolute atomic E-state index is 0.0140. The molecule has 0 bridgehead atoms.